The van der Waals surface area contributed by atoms with Crippen LogP contribution in [0.25, 0.3) is 0 Å². The molecule has 30 heavy (non-hydrogen) atoms. The van der Waals surface area contributed by atoms with Gasteiger partial charge in [-0.2, -0.15) is 0 Å². The van der Waals surface area contributed by atoms with E-state index in [9.17, 15) is 0 Å². The van der Waals surface area contributed by atoms with Crippen LogP contribution in [0.5, 0.6) is 11.5 Å². The van der Waals surface area contributed by atoms with Crippen LogP contribution in [-0.4, -0.2) is 37.0 Å². The molecule has 0 radical (unpaired) electrons. The Labute approximate surface area is 182 Å². The van der Waals surface area contributed by atoms with Crippen LogP contribution in [0.15, 0.2) is 52.5 Å². The van der Waals surface area contributed by atoms with Gasteiger partial charge in [-0.25, -0.2) is 4.98 Å². The number of allylic oxidation sites excluding steroid dienone is 2. The minimum Gasteiger partial charge on any atom is -0.493 e. The number of ether oxygens (including phenoxy) is 2. The van der Waals surface area contributed by atoms with Crippen LogP contribution in [0.1, 0.15) is 35.9 Å². The van der Waals surface area contributed by atoms with Crippen molar-refractivity contribution in [3.05, 3.63) is 63.6 Å². The van der Waals surface area contributed by atoms with Crippen LogP contribution in [0.3, 0.4) is 0 Å². The maximum Gasteiger partial charge on any atom is 0.161 e. The molecule has 158 valence electrons. The summed E-state index contributed by atoms with van der Waals surface area (Å²) in [5, 5.41) is 3.21. The molecule has 0 fully saturated rings. The maximum atomic E-state index is 6.07. The van der Waals surface area contributed by atoms with Gasteiger partial charge in [0, 0.05) is 29.6 Å². The minimum absolute atomic E-state index is 0.0737. The van der Waals surface area contributed by atoms with Crippen molar-refractivity contribution < 1.29 is 9.47 Å². The molecule has 0 saturated carbocycles. The van der Waals surface area contributed by atoms with Gasteiger partial charge in [0.05, 0.1) is 31.0 Å². The van der Waals surface area contributed by atoms with Gasteiger partial charge in [-0.1, -0.05) is 25.2 Å². The van der Waals surface area contributed by atoms with Gasteiger partial charge >= 0.3 is 0 Å². The van der Waals surface area contributed by atoms with E-state index in [1.54, 1.807) is 25.6 Å². The fourth-order valence-electron chi connectivity index (χ4n) is 4.20. The smallest absolute Gasteiger partial charge is 0.161 e. The van der Waals surface area contributed by atoms with E-state index < -0.39 is 0 Å². The summed E-state index contributed by atoms with van der Waals surface area (Å²) in [6.07, 6.45) is 12.0. The highest BCUT2D eigenvalue weighted by Crippen LogP contribution is 2.36. The van der Waals surface area contributed by atoms with Gasteiger partial charge < -0.3 is 15.2 Å². The van der Waals surface area contributed by atoms with Crippen molar-refractivity contribution in [1.29, 1.82) is 0 Å². The summed E-state index contributed by atoms with van der Waals surface area (Å²) in [4.78, 5) is 9.77. The number of nitrogens with two attached hydrogens (primary N) is 1. The van der Waals surface area contributed by atoms with Crippen molar-refractivity contribution >= 4 is 17.0 Å². The lowest BCUT2D eigenvalue weighted by molar-refractivity contribution is 0.354. The van der Waals surface area contributed by atoms with Crippen molar-refractivity contribution in [2.24, 2.45) is 16.6 Å². The van der Waals surface area contributed by atoms with Crippen molar-refractivity contribution in [3.8, 4) is 11.5 Å². The predicted molar refractivity (Wildman–Crippen MR) is 123 cm³/mol. The molecule has 2 heterocycles. The second-order valence-corrected chi connectivity index (χ2v) is 8.95. The Morgan fingerprint density at radius 1 is 1.20 bits per heavy atom. The van der Waals surface area contributed by atoms with Gasteiger partial charge in [-0.15, -0.1) is 11.3 Å². The summed E-state index contributed by atoms with van der Waals surface area (Å²) >= 11 is 1.72. The summed E-state index contributed by atoms with van der Waals surface area (Å²) in [7, 11) is 3.36. The maximum absolute atomic E-state index is 6.07. The van der Waals surface area contributed by atoms with Gasteiger partial charge in [-0.3, -0.25) is 4.99 Å². The zero-order chi connectivity index (χ0) is 21.1. The molecule has 2 aliphatic rings. The number of rotatable bonds is 6. The normalized spacial score (nSPS) is 23.3. The van der Waals surface area contributed by atoms with E-state index in [1.807, 2.05) is 11.6 Å². The molecule has 1 aromatic carbocycles. The van der Waals surface area contributed by atoms with Gasteiger partial charge in [0.15, 0.2) is 11.5 Å². The Bertz CT molecular complexity index is 979. The summed E-state index contributed by atoms with van der Waals surface area (Å²) in [6, 6.07) is 4.48. The second kappa shape index (κ2) is 9.14. The first-order chi connectivity index (χ1) is 14.6. The lowest BCUT2D eigenvalue weighted by Crippen LogP contribution is -2.21. The molecule has 0 spiro atoms. The molecule has 3 atom stereocenters. The first kappa shape index (κ1) is 20.8. The third-order valence-corrected chi connectivity index (χ3v) is 6.74. The van der Waals surface area contributed by atoms with E-state index in [-0.39, 0.29) is 12.1 Å². The topological polar surface area (TPSA) is 69.7 Å². The Kier molecular flexibility index (Phi) is 6.35. The van der Waals surface area contributed by atoms with E-state index in [2.05, 4.69) is 42.3 Å². The van der Waals surface area contributed by atoms with Gasteiger partial charge in [0.1, 0.15) is 0 Å². The van der Waals surface area contributed by atoms with Crippen molar-refractivity contribution in [3.63, 3.8) is 0 Å². The largest absolute Gasteiger partial charge is 0.493 e. The van der Waals surface area contributed by atoms with Crippen LogP contribution in [-0.2, 0) is 12.8 Å². The molecule has 2 aromatic rings. The number of methoxy groups -OCH3 is 2. The predicted octanol–water partition coefficient (Wildman–Crippen LogP) is 4.36. The lowest BCUT2D eigenvalue weighted by atomic mass is 9.89. The van der Waals surface area contributed by atoms with Gasteiger partial charge in [0.2, 0.25) is 0 Å². The fourth-order valence-corrected chi connectivity index (χ4v) is 4.83. The molecule has 0 amide bonds. The van der Waals surface area contributed by atoms with E-state index in [0.717, 1.165) is 54.0 Å². The fraction of sp³-hybridized carbons (Fsp3) is 0.417. The molecular weight excluding hydrogens is 394 g/mol. The Morgan fingerprint density at radius 3 is 2.67 bits per heavy atom. The standard InChI is InChI=1S/C24H29N3O2S/c1-15-12-17-13-21(28-2)22(29-3)14-19(17)24(16-4-6-18(25)7-5-16)27-20(15)8-9-23-26-10-11-30-23/h4-6,10-11,13-15,18,20H,7-9,12,25H2,1-3H3. The molecule has 6 heteroatoms. The number of aliphatic imine (C=N–C) groups is 1. The number of aryl methyl sites for hydroxylation is 1. The number of thiazole rings is 1. The van der Waals surface area contributed by atoms with Crippen molar-refractivity contribution in [2.45, 2.75) is 44.7 Å². The third kappa shape index (κ3) is 4.35. The zero-order valence-electron chi connectivity index (χ0n) is 17.8. The Hall–Kier alpha value is -2.44. The Morgan fingerprint density at radius 2 is 2.00 bits per heavy atom. The number of fused-ring (bicyclic) bond motifs is 1. The molecule has 1 aliphatic heterocycles. The molecule has 1 aliphatic carbocycles. The number of hydrogen-bond acceptors (Lipinski definition) is 6. The lowest BCUT2D eigenvalue weighted by Gasteiger charge is -2.19. The molecule has 0 bridgehead atoms. The first-order valence-corrected chi connectivity index (χ1v) is 11.3. The highest BCUT2D eigenvalue weighted by Gasteiger charge is 2.28. The second-order valence-electron chi connectivity index (χ2n) is 7.97. The first-order valence-electron chi connectivity index (χ1n) is 10.4. The highest BCUT2D eigenvalue weighted by atomic mass is 32.1. The van der Waals surface area contributed by atoms with Gasteiger partial charge in [0.25, 0.3) is 0 Å². The van der Waals surface area contributed by atoms with E-state index in [4.69, 9.17) is 20.2 Å². The number of aromatic nitrogens is 1. The quantitative estimate of drug-likeness (QED) is 0.750. The van der Waals surface area contributed by atoms with Crippen molar-refractivity contribution in [1.82, 2.24) is 4.98 Å². The van der Waals surface area contributed by atoms with Crippen molar-refractivity contribution in [2.75, 3.05) is 14.2 Å². The summed E-state index contributed by atoms with van der Waals surface area (Å²) in [5.41, 5.74) is 10.6. The number of hydrogen-bond donors (Lipinski definition) is 1. The van der Waals surface area contributed by atoms with E-state index in [1.165, 1.54) is 10.6 Å². The number of benzene rings is 1. The summed E-state index contributed by atoms with van der Waals surface area (Å²) < 4.78 is 11.2. The van der Waals surface area contributed by atoms with E-state index in [0.29, 0.717) is 5.92 Å². The zero-order valence-corrected chi connectivity index (χ0v) is 18.6. The molecule has 5 nitrogen and oxygen atoms in total. The van der Waals surface area contributed by atoms with Crippen LogP contribution < -0.4 is 15.2 Å². The molecule has 3 unspecified atom stereocenters. The third-order valence-electron chi connectivity index (χ3n) is 5.90. The summed E-state index contributed by atoms with van der Waals surface area (Å²) in [6.45, 7) is 2.29. The minimum atomic E-state index is 0.0737. The average Bonchev–Trinajstić information content (AvgIpc) is 3.23. The van der Waals surface area contributed by atoms with Crippen LogP contribution >= 0.6 is 11.3 Å². The molecule has 1 aromatic heterocycles. The van der Waals surface area contributed by atoms with Crippen LogP contribution in [0, 0.1) is 5.92 Å². The Balaban J connectivity index is 1.75. The van der Waals surface area contributed by atoms with E-state index >= 15 is 0 Å². The average molecular weight is 424 g/mol. The molecule has 4 rings (SSSR count). The SMILES string of the molecule is COc1cc2c(cc1OC)C(C1=CCC(N)C=C1)=NC(CCc1nccs1)C(C)C2. The van der Waals surface area contributed by atoms with Crippen LogP contribution in [0.2, 0.25) is 0 Å². The van der Waals surface area contributed by atoms with Gasteiger partial charge in [-0.05, 0) is 48.4 Å². The summed E-state index contributed by atoms with van der Waals surface area (Å²) in [5.74, 6) is 1.91. The van der Waals surface area contributed by atoms with Crippen LogP contribution in [0.4, 0.5) is 0 Å². The highest BCUT2D eigenvalue weighted by molar-refractivity contribution is 7.09. The molecule has 0 saturated heterocycles. The molecule has 2 N–H and O–H groups in total. The monoisotopic (exact) mass is 423 g/mol. The molecular formula is C24H29N3O2S. The number of nitrogens with zero attached hydrogens (tertiary/aromatic N) is 2.